The van der Waals surface area contributed by atoms with E-state index in [4.69, 9.17) is 5.73 Å². The lowest BCUT2D eigenvalue weighted by Crippen LogP contribution is -2.11. The van der Waals surface area contributed by atoms with Gasteiger partial charge in [-0.3, -0.25) is 0 Å². The third-order valence-corrected chi connectivity index (χ3v) is 2.49. The monoisotopic (exact) mass is 225 g/mol. The lowest BCUT2D eigenvalue weighted by atomic mass is 10.0. The second-order valence-electron chi connectivity index (χ2n) is 3.64. The standard InChI is InChI=1S/C14H15N3/c1-16-17-14(11-7-3-2-4-8-11)12-9-5-6-10-13(12)15/h2-10,16H,15H2,1H3/b17-14+. The second kappa shape index (κ2) is 5.16. The summed E-state index contributed by atoms with van der Waals surface area (Å²) in [6, 6.07) is 17.7. The Morgan fingerprint density at radius 3 is 2.29 bits per heavy atom. The van der Waals surface area contributed by atoms with Crippen LogP contribution in [-0.2, 0) is 0 Å². The van der Waals surface area contributed by atoms with Crippen LogP contribution in [0, 0.1) is 0 Å². The van der Waals surface area contributed by atoms with Gasteiger partial charge in [-0.1, -0.05) is 48.5 Å². The molecule has 2 aromatic carbocycles. The van der Waals surface area contributed by atoms with Crippen LogP contribution in [0.1, 0.15) is 11.1 Å². The quantitative estimate of drug-likeness (QED) is 0.478. The molecule has 0 heterocycles. The van der Waals surface area contributed by atoms with E-state index in [0.29, 0.717) is 0 Å². The Kier molecular flexibility index (Phi) is 3.40. The molecular weight excluding hydrogens is 210 g/mol. The number of nitrogens with one attached hydrogen (secondary N) is 1. The first-order valence-electron chi connectivity index (χ1n) is 5.47. The Bertz CT molecular complexity index is 518. The summed E-state index contributed by atoms with van der Waals surface area (Å²) in [5.74, 6) is 0. The maximum Gasteiger partial charge on any atom is 0.0994 e. The summed E-state index contributed by atoms with van der Waals surface area (Å²) in [5.41, 5.74) is 12.4. The number of nitrogens with two attached hydrogens (primary N) is 1. The van der Waals surface area contributed by atoms with E-state index in [1.807, 2.05) is 54.6 Å². The molecule has 0 saturated heterocycles. The molecule has 2 rings (SSSR count). The molecule has 3 nitrogen and oxygen atoms in total. The Morgan fingerprint density at radius 2 is 1.65 bits per heavy atom. The van der Waals surface area contributed by atoms with Gasteiger partial charge in [0.1, 0.15) is 0 Å². The molecule has 0 fully saturated rings. The number of hydrazone groups is 1. The molecule has 0 amide bonds. The predicted octanol–water partition coefficient (Wildman–Crippen LogP) is 2.24. The number of rotatable bonds is 3. The maximum atomic E-state index is 5.98. The van der Waals surface area contributed by atoms with Gasteiger partial charge in [0.25, 0.3) is 0 Å². The van der Waals surface area contributed by atoms with Crippen molar-refractivity contribution in [2.24, 2.45) is 5.10 Å². The molecular formula is C14H15N3. The van der Waals surface area contributed by atoms with Crippen molar-refractivity contribution in [1.29, 1.82) is 0 Å². The molecule has 0 aliphatic carbocycles. The molecule has 0 spiro atoms. The van der Waals surface area contributed by atoms with Crippen LogP contribution in [0.5, 0.6) is 0 Å². The smallest absolute Gasteiger partial charge is 0.0994 e. The van der Waals surface area contributed by atoms with Crippen LogP contribution in [-0.4, -0.2) is 12.8 Å². The van der Waals surface area contributed by atoms with E-state index in [9.17, 15) is 0 Å². The average Bonchev–Trinajstić information content (AvgIpc) is 2.38. The first-order valence-corrected chi connectivity index (χ1v) is 5.47. The highest BCUT2D eigenvalue weighted by atomic mass is 15.3. The van der Waals surface area contributed by atoms with Crippen molar-refractivity contribution in [3.63, 3.8) is 0 Å². The van der Waals surface area contributed by atoms with Gasteiger partial charge in [-0.15, -0.1) is 0 Å². The highest BCUT2D eigenvalue weighted by Crippen LogP contribution is 2.16. The number of nitrogen functional groups attached to an aromatic ring is 1. The van der Waals surface area contributed by atoms with Crippen molar-refractivity contribution in [2.45, 2.75) is 0 Å². The van der Waals surface area contributed by atoms with Crippen LogP contribution in [0.2, 0.25) is 0 Å². The van der Waals surface area contributed by atoms with E-state index in [1.165, 1.54) is 0 Å². The average molecular weight is 225 g/mol. The topological polar surface area (TPSA) is 50.4 Å². The molecule has 0 aliphatic heterocycles. The van der Waals surface area contributed by atoms with Gasteiger partial charge in [0, 0.05) is 23.9 Å². The predicted molar refractivity (Wildman–Crippen MR) is 72.0 cm³/mol. The first-order chi connectivity index (χ1) is 8.33. The van der Waals surface area contributed by atoms with E-state index in [1.54, 1.807) is 7.05 Å². The Labute approximate surface area is 101 Å². The molecule has 2 aromatic rings. The van der Waals surface area contributed by atoms with Crippen molar-refractivity contribution >= 4 is 11.4 Å². The largest absolute Gasteiger partial charge is 0.398 e. The highest BCUT2D eigenvalue weighted by molar-refractivity contribution is 6.15. The highest BCUT2D eigenvalue weighted by Gasteiger charge is 2.09. The lowest BCUT2D eigenvalue weighted by Gasteiger charge is -2.09. The summed E-state index contributed by atoms with van der Waals surface area (Å²) in [7, 11) is 1.78. The molecule has 3 N–H and O–H groups in total. The zero-order valence-electron chi connectivity index (χ0n) is 9.72. The van der Waals surface area contributed by atoms with Crippen molar-refractivity contribution in [3.8, 4) is 0 Å². The molecule has 0 radical (unpaired) electrons. The van der Waals surface area contributed by atoms with E-state index < -0.39 is 0 Å². The Balaban J connectivity index is 2.52. The number of para-hydroxylation sites is 1. The minimum absolute atomic E-state index is 0.727. The molecule has 0 unspecified atom stereocenters. The lowest BCUT2D eigenvalue weighted by molar-refractivity contribution is 0.901. The van der Waals surface area contributed by atoms with Crippen molar-refractivity contribution < 1.29 is 0 Å². The Morgan fingerprint density at radius 1 is 1.00 bits per heavy atom. The summed E-state index contributed by atoms with van der Waals surface area (Å²) < 4.78 is 0. The normalized spacial score (nSPS) is 11.2. The van der Waals surface area contributed by atoms with Crippen LogP contribution in [0.4, 0.5) is 5.69 Å². The SMILES string of the molecule is CN/N=C(\c1ccccc1)c1ccccc1N. The summed E-state index contributed by atoms with van der Waals surface area (Å²) >= 11 is 0. The number of hydrogen-bond donors (Lipinski definition) is 2. The number of benzene rings is 2. The van der Waals surface area contributed by atoms with Gasteiger partial charge in [-0.05, 0) is 6.07 Å². The summed E-state index contributed by atoms with van der Waals surface area (Å²) in [5, 5.41) is 4.31. The molecule has 3 heteroatoms. The van der Waals surface area contributed by atoms with E-state index in [-0.39, 0.29) is 0 Å². The van der Waals surface area contributed by atoms with Gasteiger partial charge in [0.05, 0.1) is 5.71 Å². The molecule has 0 aromatic heterocycles. The maximum absolute atomic E-state index is 5.98. The minimum Gasteiger partial charge on any atom is -0.398 e. The fourth-order valence-corrected chi connectivity index (χ4v) is 1.70. The number of hydrogen-bond acceptors (Lipinski definition) is 3. The van der Waals surface area contributed by atoms with Gasteiger partial charge >= 0.3 is 0 Å². The Hall–Kier alpha value is -2.29. The van der Waals surface area contributed by atoms with Crippen LogP contribution in [0.3, 0.4) is 0 Å². The van der Waals surface area contributed by atoms with Crippen LogP contribution >= 0.6 is 0 Å². The zero-order chi connectivity index (χ0) is 12.1. The second-order valence-corrected chi connectivity index (χ2v) is 3.64. The minimum atomic E-state index is 0.727. The molecule has 0 atom stereocenters. The number of nitrogens with zero attached hydrogens (tertiary/aromatic N) is 1. The molecule has 86 valence electrons. The fraction of sp³-hybridized carbons (Fsp3) is 0.0714. The van der Waals surface area contributed by atoms with Crippen LogP contribution in [0.15, 0.2) is 59.7 Å². The molecule has 0 saturated carbocycles. The third-order valence-electron chi connectivity index (χ3n) is 2.49. The molecule has 0 bridgehead atoms. The first kappa shape index (κ1) is 11.2. The van der Waals surface area contributed by atoms with Crippen molar-refractivity contribution in [3.05, 3.63) is 65.7 Å². The summed E-state index contributed by atoms with van der Waals surface area (Å²) in [4.78, 5) is 0. The summed E-state index contributed by atoms with van der Waals surface area (Å²) in [6.07, 6.45) is 0. The third kappa shape index (κ3) is 2.45. The van der Waals surface area contributed by atoms with Gasteiger partial charge in [0.15, 0.2) is 0 Å². The number of anilines is 1. The van der Waals surface area contributed by atoms with E-state index >= 15 is 0 Å². The summed E-state index contributed by atoms with van der Waals surface area (Å²) in [6.45, 7) is 0. The fourth-order valence-electron chi connectivity index (χ4n) is 1.70. The van der Waals surface area contributed by atoms with Gasteiger partial charge in [0.2, 0.25) is 0 Å². The van der Waals surface area contributed by atoms with Gasteiger partial charge < -0.3 is 11.2 Å². The molecule has 0 aliphatic rings. The van der Waals surface area contributed by atoms with Gasteiger partial charge in [-0.2, -0.15) is 5.10 Å². The van der Waals surface area contributed by atoms with Crippen LogP contribution in [0.25, 0.3) is 0 Å². The molecule has 17 heavy (non-hydrogen) atoms. The zero-order valence-corrected chi connectivity index (χ0v) is 9.72. The van der Waals surface area contributed by atoms with Gasteiger partial charge in [-0.25, -0.2) is 0 Å². The van der Waals surface area contributed by atoms with Crippen molar-refractivity contribution in [2.75, 3.05) is 12.8 Å². The van der Waals surface area contributed by atoms with E-state index in [0.717, 1.165) is 22.5 Å². The van der Waals surface area contributed by atoms with E-state index in [2.05, 4.69) is 10.5 Å². The van der Waals surface area contributed by atoms with Crippen molar-refractivity contribution in [1.82, 2.24) is 5.43 Å². The van der Waals surface area contributed by atoms with Crippen LogP contribution < -0.4 is 11.2 Å².